The molecule has 1 aliphatic rings. The highest BCUT2D eigenvalue weighted by Crippen LogP contribution is 2.31. The Hall–Kier alpha value is -2.08. The van der Waals surface area contributed by atoms with Gasteiger partial charge in [0.1, 0.15) is 11.4 Å². The molecular weight excluding hydrogens is 310 g/mol. The summed E-state index contributed by atoms with van der Waals surface area (Å²) in [5, 5.41) is 12.0. The van der Waals surface area contributed by atoms with Gasteiger partial charge in [-0.25, -0.2) is 4.79 Å². The Morgan fingerprint density at radius 1 is 1.21 bits per heavy atom. The predicted octanol–water partition coefficient (Wildman–Crippen LogP) is 2.40. The van der Waals surface area contributed by atoms with Crippen molar-refractivity contribution < 1.29 is 24.2 Å². The number of carboxylic acids is 1. The van der Waals surface area contributed by atoms with Crippen molar-refractivity contribution in [2.75, 3.05) is 20.8 Å². The first kappa shape index (κ1) is 18.3. The molecule has 1 fully saturated rings. The summed E-state index contributed by atoms with van der Waals surface area (Å²) in [4.78, 5) is 23.5. The molecule has 6 heteroatoms. The number of carbonyl (C=O) groups is 2. The summed E-state index contributed by atoms with van der Waals surface area (Å²) in [6, 6.07) is 4.76. The van der Waals surface area contributed by atoms with Crippen molar-refractivity contribution >= 4 is 11.9 Å². The molecule has 0 atom stereocenters. The molecule has 0 bridgehead atoms. The van der Waals surface area contributed by atoms with Crippen LogP contribution in [0.15, 0.2) is 18.2 Å². The topological polar surface area (TPSA) is 84.9 Å². The van der Waals surface area contributed by atoms with Crippen LogP contribution in [0.1, 0.15) is 48.0 Å². The number of hydrogen-bond donors (Lipinski definition) is 2. The second-order valence-corrected chi connectivity index (χ2v) is 6.10. The van der Waals surface area contributed by atoms with E-state index in [0.717, 1.165) is 37.7 Å². The molecule has 0 aromatic heterocycles. The second kappa shape index (κ2) is 8.15. The number of hydrogen-bond acceptors (Lipinski definition) is 4. The van der Waals surface area contributed by atoms with Gasteiger partial charge in [0.25, 0.3) is 5.91 Å². The summed E-state index contributed by atoms with van der Waals surface area (Å²) in [7, 11) is 3.10. The lowest BCUT2D eigenvalue weighted by atomic mass is 9.84. The van der Waals surface area contributed by atoms with E-state index in [4.69, 9.17) is 14.6 Å². The fourth-order valence-electron chi connectivity index (χ4n) is 3.20. The largest absolute Gasteiger partial charge is 0.496 e. The normalized spacial score (nSPS) is 16.4. The van der Waals surface area contributed by atoms with Gasteiger partial charge in [-0.2, -0.15) is 0 Å². The molecule has 24 heavy (non-hydrogen) atoms. The average Bonchev–Trinajstić information content (AvgIpc) is 2.62. The van der Waals surface area contributed by atoms with Crippen LogP contribution in [0.3, 0.4) is 0 Å². The molecule has 1 aromatic rings. The lowest BCUT2D eigenvalue weighted by Gasteiger charge is -2.34. The molecule has 2 N–H and O–H groups in total. The molecule has 1 aromatic carbocycles. The van der Waals surface area contributed by atoms with Crippen molar-refractivity contribution in [1.29, 1.82) is 0 Å². The van der Waals surface area contributed by atoms with E-state index in [1.165, 1.54) is 13.2 Å². The minimum Gasteiger partial charge on any atom is -0.496 e. The third kappa shape index (κ3) is 4.06. The summed E-state index contributed by atoms with van der Waals surface area (Å²) < 4.78 is 10.8. The third-order valence-corrected chi connectivity index (χ3v) is 4.68. The van der Waals surface area contributed by atoms with Gasteiger partial charge in [-0.15, -0.1) is 0 Å². The van der Waals surface area contributed by atoms with E-state index < -0.39 is 11.6 Å². The number of carboxylic acid groups (broad SMARTS) is 1. The van der Waals surface area contributed by atoms with E-state index in [2.05, 4.69) is 5.32 Å². The Labute approximate surface area is 142 Å². The highest BCUT2D eigenvalue weighted by Gasteiger charge is 2.39. The molecule has 132 valence electrons. The molecule has 1 aliphatic carbocycles. The zero-order valence-electron chi connectivity index (χ0n) is 14.3. The predicted molar refractivity (Wildman–Crippen MR) is 89.5 cm³/mol. The van der Waals surface area contributed by atoms with E-state index in [0.29, 0.717) is 18.7 Å². The lowest BCUT2D eigenvalue weighted by molar-refractivity contribution is -0.147. The average molecular weight is 335 g/mol. The van der Waals surface area contributed by atoms with E-state index in [1.807, 2.05) is 0 Å². The first-order valence-corrected chi connectivity index (χ1v) is 8.26. The third-order valence-electron chi connectivity index (χ3n) is 4.68. The maximum absolute atomic E-state index is 12.5. The molecule has 1 amide bonds. The van der Waals surface area contributed by atoms with Crippen molar-refractivity contribution in [2.45, 2.75) is 44.1 Å². The maximum Gasteiger partial charge on any atom is 0.335 e. The van der Waals surface area contributed by atoms with Crippen LogP contribution >= 0.6 is 0 Å². The van der Waals surface area contributed by atoms with Crippen molar-refractivity contribution in [1.82, 2.24) is 5.32 Å². The smallest absolute Gasteiger partial charge is 0.335 e. The zero-order valence-corrected chi connectivity index (χ0v) is 14.3. The quantitative estimate of drug-likeness (QED) is 0.799. The zero-order chi connectivity index (χ0) is 17.6. The molecule has 0 aliphatic heterocycles. The fraction of sp³-hybridized carbons (Fsp3) is 0.556. The molecular formula is C18H25NO5. The number of benzene rings is 1. The van der Waals surface area contributed by atoms with Gasteiger partial charge in [0.05, 0.1) is 12.7 Å². The van der Waals surface area contributed by atoms with Gasteiger partial charge in [0.15, 0.2) is 0 Å². The molecule has 6 nitrogen and oxygen atoms in total. The molecule has 0 radical (unpaired) electrons. The summed E-state index contributed by atoms with van der Waals surface area (Å²) >= 11 is 0. The van der Waals surface area contributed by atoms with Crippen LogP contribution < -0.4 is 10.1 Å². The molecule has 0 heterocycles. The monoisotopic (exact) mass is 335 g/mol. The number of nitrogens with one attached hydrogen (secondary N) is 1. The van der Waals surface area contributed by atoms with Crippen molar-refractivity contribution in [3.8, 4) is 5.75 Å². The first-order chi connectivity index (χ1) is 11.5. The van der Waals surface area contributed by atoms with Gasteiger partial charge in [-0.05, 0) is 37.0 Å². The number of ether oxygens (including phenoxy) is 2. The van der Waals surface area contributed by atoms with Crippen LogP contribution in [0.25, 0.3) is 0 Å². The second-order valence-electron chi connectivity index (χ2n) is 6.10. The van der Waals surface area contributed by atoms with E-state index >= 15 is 0 Å². The van der Waals surface area contributed by atoms with Gasteiger partial charge in [0, 0.05) is 13.7 Å². The summed E-state index contributed by atoms with van der Waals surface area (Å²) in [6.07, 6.45) is 5.23. The van der Waals surface area contributed by atoms with E-state index in [1.54, 1.807) is 19.2 Å². The number of amides is 1. The minimum atomic E-state index is -0.993. The minimum absolute atomic E-state index is 0.0641. The van der Waals surface area contributed by atoms with E-state index in [-0.39, 0.29) is 11.5 Å². The molecule has 0 unspecified atom stereocenters. The van der Waals surface area contributed by atoms with Crippen molar-refractivity contribution in [2.24, 2.45) is 0 Å². The Morgan fingerprint density at radius 3 is 2.50 bits per heavy atom. The highest BCUT2D eigenvalue weighted by atomic mass is 16.5. The Morgan fingerprint density at radius 2 is 1.92 bits per heavy atom. The summed E-state index contributed by atoms with van der Waals surface area (Å²) in [5.41, 5.74) is 0.341. The Balaban J connectivity index is 1.96. The summed E-state index contributed by atoms with van der Waals surface area (Å²) in [6.45, 7) is 0.451. The molecule has 0 saturated heterocycles. The SMILES string of the molecule is COc1cc(C(=O)O)ccc1CCNC(=O)C1(OC)CCCCC1. The Bertz CT molecular complexity index is 593. The lowest BCUT2D eigenvalue weighted by Crippen LogP contribution is -2.50. The standard InChI is InChI=1S/C18H25NO5/c1-23-15-12-14(16(20)21)7-6-13(15)8-11-19-17(22)18(24-2)9-4-3-5-10-18/h6-7,12H,3-5,8-11H2,1-2H3,(H,19,22)(H,20,21). The summed E-state index contributed by atoms with van der Waals surface area (Å²) in [5.74, 6) is -0.540. The van der Waals surface area contributed by atoms with Gasteiger partial charge in [-0.1, -0.05) is 25.3 Å². The van der Waals surface area contributed by atoms with Gasteiger partial charge < -0.3 is 19.9 Å². The van der Waals surface area contributed by atoms with Crippen LogP contribution in [0, 0.1) is 0 Å². The first-order valence-electron chi connectivity index (χ1n) is 8.26. The fourth-order valence-corrected chi connectivity index (χ4v) is 3.20. The van der Waals surface area contributed by atoms with Crippen LogP contribution in [0.4, 0.5) is 0 Å². The van der Waals surface area contributed by atoms with Crippen molar-refractivity contribution in [3.05, 3.63) is 29.3 Å². The van der Waals surface area contributed by atoms with Crippen LogP contribution in [-0.4, -0.2) is 43.3 Å². The van der Waals surface area contributed by atoms with Crippen molar-refractivity contribution in [3.63, 3.8) is 0 Å². The van der Waals surface area contributed by atoms with E-state index in [9.17, 15) is 9.59 Å². The van der Waals surface area contributed by atoms with Gasteiger partial charge in [0.2, 0.25) is 0 Å². The van der Waals surface area contributed by atoms with Gasteiger partial charge >= 0.3 is 5.97 Å². The number of methoxy groups -OCH3 is 2. The Kier molecular flexibility index (Phi) is 6.20. The number of rotatable bonds is 7. The maximum atomic E-state index is 12.5. The molecule has 2 rings (SSSR count). The number of aromatic carboxylic acids is 1. The molecule has 1 saturated carbocycles. The van der Waals surface area contributed by atoms with Crippen LogP contribution in [0.2, 0.25) is 0 Å². The highest BCUT2D eigenvalue weighted by molar-refractivity contribution is 5.88. The van der Waals surface area contributed by atoms with Gasteiger partial charge in [-0.3, -0.25) is 4.79 Å². The van der Waals surface area contributed by atoms with Crippen LogP contribution in [-0.2, 0) is 16.0 Å². The van der Waals surface area contributed by atoms with Crippen LogP contribution in [0.5, 0.6) is 5.75 Å². The number of carbonyl (C=O) groups excluding carboxylic acids is 1. The molecule has 0 spiro atoms.